The predicted molar refractivity (Wildman–Crippen MR) is 53.7 cm³/mol. The van der Waals surface area contributed by atoms with E-state index >= 15 is 0 Å². The summed E-state index contributed by atoms with van der Waals surface area (Å²) < 4.78 is 86.3. The molecule has 0 saturated carbocycles. The van der Waals surface area contributed by atoms with Crippen LogP contribution in [0.25, 0.3) is 0 Å². The van der Waals surface area contributed by atoms with Crippen LogP contribution in [0.1, 0.15) is 5.56 Å². The molecule has 0 amide bonds. The Bertz CT molecular complexity index is 367. The summed E-state index contributed by atoms with van der Waals surface area (Å²) in [6.07, 6.45) is -12.0. The van der Waals surface area contributed by atoms with Gasteiger partial charge in [-0.15, -0.1) is 0 Å². The maximum Gasteiger partial charge on any atom is 0.441 e. The summed E-state index contributed by atoms with van der Waals surface area (Å²) in [4.78, 5) is 0. The zero-order chi connectivity index (χ0) is 14.0. The second-order valence-electron chi connectivity index (χ2n) is 3.37. The number of rotatable bonds is 3. The van der Waals surface area contributed by atoms with Crippen molar-refractivity contribution in [1.29, 1.82) is 0 Å². The van der Waals surface area contributed by atoms with Gasteiger partial charge in [0.15, 0.2) is 0 Å². The van der Waals surface area contributed by atoms with E-state index in [1.807, 2.05) is 0 Å². The molecular weight excluding hydrogens is 285 g/mol. The van der Waals surface area contributed by atoms with Crippen molar-refractivity contribution in [3.05, 3.63) is 35.9 Å². The van der Waals surface area contributed by atoms with Crippen LogP contribution in [0.5, 0.6) is 0 Å². The minimum absolute atomic E-state index is 0.179. The van der Waals surface area contributed by atoms with Gasteiger partial charge in [0, 0.05) is 5.75 Å². The summed E-state index contributed by atoms with van der Waals surface area (Å²) in [6.45, 7) is 0. The highest BCUT2D eigenvalue weighted by Crippen LogP contribution is 2.53. The molecule has 0 bridgehead atoms. The summed E-state index contributed by atoms with van der Waals surface area (Å²) in [5, 5.41) is -5.25. The van der Waals surface area contributed by atoms with Gasteiger partial charge >= 0.3 is 17.4 Å². The Balaban J connectivity index is 2.89. The summed E-state index contributed by atoms with van der Waals surface area (Å²) >= 11 is -0.826. The molecule has 0 unspecified atom stereocenters. The molecule has 0 heterocycles. The molecule has 0 nitrogen and oxygen atoms in total. The van der Waals surface area contributed by atoms with Crippen LogP contribution in [0, 0.1) is 0 Å². The SMILES string of the molecule is FC(F)(F)C(F)(SCc1ccccc1)C(F)(F)F. The van der Waals surface area contributed by atoms with E-state index in [1.165, 1.54) is 24.3 Å². The van der Waals surface area contributed by atoms with E-state index in [9.17, 15) is 30.7 Å². The van der Waals surface area contributed by atoms with E-state index in [0.717, 1.165) is 0 Å². The smallest absolute Gasteiger partial charge is 0.211 e. The third kappa shape index (κ3) is 3.09. The lowest BCUT2D eigenvalue weighted by molar-refractivity contribution is -0.302. The molecule has 102 valence electrons. The van der Waals surface area contributed by atoms with E-state index in [1.54, 1.807) is 6.07 Å². The Morgan fingerprint density at radius 2 is 1.22 bits per heavy atom. The Morgan fingerprint density at radius 3 is 1.61 bits per heavy atom. The molecule has 0 saturated heterocycles. The minimum Gasteiger partial charge on any atom is -0.211 e. The normalized spacial score (nSPS) is 13.7. The van der Waals surface area contributed by atoms with Gasteiger partial charge in [-0.2, -0.15) is 26.3 Å². The molecule has 0 N–H and O–H groups in total. The largest absolute Gasteiger partial charge is 0.441 e. The van der Waals surface area contributed by atoms with Gasteiger partial charge in [-0.05, 0) is 5.56 Å². The molecule has 8 heteroatoms. The van der Waals surface area contributed by atoms with Crippen LogP contribution in [-0.4, -0.2) is 17.4 Å². The standard InChI is InChI=1S/C10H7F7S/c11-8(9(12,13)14,10(15,16)17)18-6-7-4-2-1-3-5-7/h1-5H,6H2. The zero-order valence-corrected chi connectivity index (χ0v) is 9.46. The lowest BCUT2D eigenvalue weighted by Crippen LogP contribution is -2.50. The van der Waals surface area contributed by atoms with Gasteiger partial charge in [0.2, 0.25) is 0 Å². The Hall–Kier alpha value is -0.920. The quantitative estimate of drug-likeness (QED) is 0.727. The molecule has 0 atom stereocenters. The minimum atomic E-state index is -6.01. The van der Waals surface area contributed by atoms with Gasteiger partial charge in [0.1, 0.15) is 0 Å². The van der Waals surface area contributed by atoms with E-state index in [0.29, 0.717) is 0 Å². The van der Waals surface area contributed by atoms with Crippen LogP contribution in [0.4, 0.5) is 30.7 Å². The van der Waals surface area contributed by atoms with Crippen molar-refractivity contribution < 1.29 is 30.7 Å². The first-order chi connectivity index (χ1) is 8.08. The molecule has 18 heavy (non-hydrogen) atoms. The lowest BCUT2D eigenvalue weighted by Gasteiger charge is -2.29. The number of benzene rings is 1. The Kier molecular flexibility index (Phi) is 4.19. The predicted octanol–water partition coefficient (Wildman–Crippen LogP) is 4.71. The molecule has 0 spiro atoms. The van der Waals surface area contributed by atoms with Gasteiger partial charge in [-0.1, -0.05) is 42.1 Å². The maximum absolute atomic E-state index is 13.2. The first-order valence-electron chi connectivity index (χ1n) is 4.58. The second-order valence-corrected chi connectivity index (χ2v) is 4.50. The highest BCUT2D eigenvalue weighted by molar-refractivity contribution is 7.99. The molecule has 0 aromatic heterocycles. The topological polar surface area (TPSA) is 0 Å². The van der Waals surface area contributed by atoms with Crippen molar-refractivity contribution in [3.8, 4) is 0 Å². The van der Waals surface area contributed by atoms with Crippen molar-refractivity contribution >= 4 is 11.8 Å². The lowest BCUT2D eigenvalue weighted by atomic mass is 10.2. The number of alkyl halides is 7. The molecule has 1 aromatic carbocycles. The fraction of sp³-hybridized carbons (Fsp3) is 0.400. The molecule has 0 aliphatic heterocycles. The van der Waals surface area contributed by atoms with Crippen molar-refractivity contribution in [2.75, 3.05) is 0 Å². The molecule has 0 aliphatic carbocycles. The third-order valence-electron chi connectivity index (χ3n) is 2.01. The average Bonchev–Trinajstić information content (AvgIpc) is 2.24. The van der Waals surface area contributed by atoms with Gasteiger partial charge in [0.25, 0.3) is 0 Å². The van der Waals surface area contributed by atoms with Gasteiger partial charge in [-0.25, -0.2) is 4.39 Å². The van der Waals surface area contributed by atoms with Crippen LogP contribution < -0.4 is 0 Å². The highest BCUT2D eigenvalue weighted by Gasteiger charge is 2.73. The summed E-state index contributed by atoms with van der Waals surface area (Å²) in [7, 11) is 0. The monoisotopic (exact) mass is 292 g/mol. The number of halogens is 7. The Morgan fingerprint density at radius 1 is 0.778 bits per heavy atom. The fourth-order valence-corrected chi connectivity index (χ4v) is 1.97. The first kappa shape index (κ1) is 15.1. The van der Waals surface area contributed by atoms with Crippen molar-refractivity contribution in [3.63, 3.8) is 0 Å². The molecule has 1 aromatic rings. The van der Waals surface area contributed by atoms with E-state index < -0.39 is 34.9 Å². The van der Waals surface area contributed by atoms with E-state index in [-0.39, 0.29) is 5.56 Å². The van der Waals surface area contributed by atoms with Gasteiger partial charge < -0.3 is 0 Å². The van der Waals surface area contributed by atoms with E-state index in [4.69, 9.17) is 0 Å². The van der Waals surface area contributed by atoms with Gasteiger partial charge in [0.05, 0.1) is 0 Å². The fourth-order valence-electron chi connectivity index (χ4n) is 1.08. The second kappa shape index (κ2) is 4.99. The highest BCUT2D eigenvalue weighted by atomic mass is 32.2. The van der Waals surface area contributed by atoms with Crippen LogP contribution in [0.2, 0.25) is 0 Å². The average molecular weight is 292 g/mol. The van der Waals surface area contributed by atoms with Crippen LogP contribution in [0.15, 0.2) is 30.3 Å². The molecule has 0 fully saturated rings. The van der Waals surface area contributed by atoms with Gasteiger partial charge in [-0.3, -0.25) is 0 Å². The van der Waals surface area contributed by atoms with Crippen LogP contribution >= 0.6 is 11.8 Å². The zero-order valence-electron chi connectivity index (χ0n) is 8.65. The van der Waals surface area contributed by atoms with Crippen molar-refractivity contribution in [2.45, 2.75) is 23.1 Å². The molecule has 1 rings (SSSR count). The molecule has 0 radical (unpaired) electrons. The summed E-state index contributed by atoms with van der Waals surface area (Å²) in [6, 6.07) is 7.07. The van der Waals surface area contributed by atoms with Crippen LogP contribution in [-0.2, 0) is 5.75 Å². The molecular formula is C10H7F7S. The molecule has 0 aliphatic rings. The number of hydrogen-bond donors (Lipinski definition) is 0. The summed E-state index contributed by atoms with van der Waals surface area (Å²) in [5.74, 6) is -0.726. The van der Waals surface area contributed by atoms with Crippen molar-refractivity contribution in [2.24, 2.45) is 0 Å². The number of thioether (sulfide) groups is 1. The Labute approximate surface area is 102 Å². The first-order valence-corrected chi connectivity index (χ1v) is 5.57. The van der Waals surface area contributed by atoms with Crippen LogP contribution in [0.3, 0.4) is 0 Å². The summed E-state index contributed by atoms with van der Waals surface area (Å²) in [5.41, 5.74) is 0.179. The number of hydrogen-bond acceptors (Lipinski definition) is 1. The van der Waals surface area contributed by atoms with Crippen molar-refractivity contribution in [1.82, 2.24) is 0 Å². The van der Waals surface area contributed by atoms with E-state index in [2.05, 4.69) is 0 Å². The maximum atomic E-state index is 13.2. The third-order valence-corrected chi connectivity index (χ3v) is 3.35.